The van der Waals surface area contributed by atoms with Gasteiger partial charge in [-0.05, 0) is 26.3 Å². The molecule has 0 bridgehead atoms. The van der Waals surface area contributed by atoms with Crippen LogP contribution in [-0.2, 0) is 0 Å². The minimum atomic E-state index is -0.395. The fraction of sp³-hybridized carbons (Fsp3) is 0.435. The summed E-state index contributed by atoms with van der Waals surface area (Å²) in [7, 11) is 0. The van der Waals surface area contributed by atoms with Crippen LogP contribution in [0.25, 0.3) is 21.9 Å². The number of para-hydroxylation sites is 1. The first kappa shape index (κ1) is 21.9. The van der Waals surface area contributed by atoms with Crippen LogP contribution in [0.15, 0.2) is 30.5 Å². The second-order valence-corrected chi connectivity index (χ2v) is 8.79. The van der Waals surface area contributed by atoms with Crippen LogP contribution < -0.4 is 16.0 Å². The summed E-state index contributed by atoms with van der Waals surface area (Å²) >= 11 is 0. The van der Waals surface area contributed by atoms with Crippen LogP contribution in [0.4, 0.5) is 16.6 Å². The molecule has 1 unspecified atom stereocenters. The topological polar surface area (TPSA) is 134 Å². The number of nitrogens with two attached hydrogens (primary N) is 1. The number of fused-ring (bicyclic) bond motifs is 2. The average Bonchev–Trinajstić information content (AvgIpc) is 3.48. The number of nitrogens with one attached hydrogen (secondary N) is 2. The number of hydrogen-bond donors (Lipinski definition) is 3. The summed E-state index contributed by atoms with van der Waals surface area (Å²) in [6.07, 6.45) is 2.73. The van der Waals surface area contributed by atoms with Crippen LogP contribution in [0.1, 0.15) is 45.0 Å². The summed E-state index contributed by atoms with van der Waals surface area (Å²) < 4.78 is 1.99. The smallest absolute Gasteiger partial charge is 0.314 e. The van der Waals surface area contributed by atoms with Gasteiger partial charge in [-0.2, -0.15) is 15.2 Å². The number of primary amides is 1. The molecular weight excluding hydrogens is 432 g/mol. The van der Waals surface area contributed by atoms with Gasteiger partial charge in [-0.15, -0.1) is 0 Å². The number of benzene rings is 1. The molecule has 1 aliphatic rings. The van der Waals surface area contributed by atoms with Crippen molar-refractivity contribution >= 4 is 39.7 Å². The molecule has 1 saturated heterocycles. The van der Waals surface area contributed by atoms with Gasteiger partial charge in [0.1, 0.15) is 11.0 Å². The van der Waals surface area contributed by atoms with E-state index in [4.69, 9.17) is 15.7 Å². The zero-order valence-electron chi connectivity index (χ0n) is 19.7. The Bertz CT molecular complexity index is 1320. The summed E-state index contributed by atoms with van der Waals surface area (Å²) in [6.45, 7) is 8.67. The average molecular weight is 463 g/mol. The van der Waals surface area contributed by atoms with Gasteiger partial charge in [-0.25, -0.2) is 9.78 Å². The van der Waals surface area contributed by atoms with E-state index in [1.165, 1.54) is 0 Å². The minimum Gasteiger partial charge on any atom is -0.360 e. The number of urea groups is 1. The van der Waals surface area contributed by atoms with Crippen LogP contribution in [0.3, 0.4) is 0 Å². The van der Waals surface area contributed by atoms with Crippen molar-refractivity contribution in [1.82, 2.24) is 34.8 Å². The van der Waals surface area contributed by atoms with Gasteiger partial charge < -0.3 is 20.9 Å². The van der Waals surface area contributed by atoms with Gasteiger partial charge in [0.05, 0.1) is 23.4 Å². The molecule has 4 N–H and O–H groups in total. The highest BCUT2D eigenvalue weighted by molar-refractivity contribution is 5.88. The molecule has 1 fully saturated rings. The summed E-state index contributed by atoms with van der Waals surface area (Å²) in [5.41, 5.74) is 9.02. The maximum Gasteiger partial charge on any atom is 0.314 e. The van der Waals surface area contributed by atoms with Crippen LogP contribution in [-0.4, -0.2) is 67.1 Å². The van der Waals surface area contributed by atoms with E-state index in [1.807, 2.05) is 22.9 Å². The number of piperazine rings is 1. The van der Waals surface area contributed by atoms with Gasteiger partial charge in [0.25, 0.3) is 0 Å². The number of anilines is 2. The number of H-pyrrole nitrogens is 1. The lowest BCUT2D eigenvalue weighted by molar-refractivity contribution is 0.204. The predicted molar refractivity (Wildman–Crippen MR) is 132 cm³/mol. The van der Waals surface area contributed by atoms with Crippen molar-refractivity contribution in [2.24, 2.45) is 5.73 Å². The summed E-state index contributed by atoms with van der Waals surface area (Å²) in [6, 6.07) is 7.79. The normalized spacial score (nSPS) is 16.2. The van der Waals surface area contributed by atoms with Gasteiger partial charge in [0.2, 0.25) is 5.95 Å². The van der Waals surface area contributed by atoms with Gasteiger partial charge >= 0.3 is 6.03 Å². The first-order valence-electron chi connectivity index (χ1n) is 11.7. The van der Waals surface area contributed by atoms with Crippen molar-refractivity contribution in [3.05, 3.63) is 36.2 Å². The van der Waals surface area contributed by atoms with E-state index in [0.717, 1.165) is 39.9 Å². The first-order valence-corrected chi connectivity index (χ1v) is 11.7. The maximum absolute atomic E-state index is 11.5. The third kappa shape index (κ3) is 3.87. The molecule has 34 heavy (non-hydrogen) atoms. The number of carbonyl (C=O) groups is 1. The molecule has 178 valence electrons. The van der Waals surface area contributed by atoms with E-state index in [2.05, 4.69) is 52.4 Å². The molecule has 0 saturated carbocycles. The van der Waals surface area contributed by atoms with Crippen LogP contribution >= 0.6 is 0 Å². The molecule has 4 heterocycles. The standard InChI is InChI=1S/C23H30N10O/c1-4-14(2)33-20-18(13-25-33)27-23(32-11-9-31(10-12-32)22(24)34)28-21(20)26-15(3)19-16-7-5-6-8-17(16)29-30-19/h5-8,13-15H,4,9-12H2,1-3H3,(H2,24,34)(H,29,30)(H,26,27,28)/t14-,15?/m0/s1. The third-order valence-corrected chi connectivity index (χ3v) is 6.58. The number of aromatic nitrogens is 6. The van der Waals surface area contributed by atoms with Crippen molar-refractivity contribution in [2.75, 3.05) is 36.4 Å². The Labute approximate surface area is 197 Å². The van der Waals surface area contributed by atoms with Crippen molar-refractivity contribution in [2.45, 2.75) is 39.3 Å². The highest BCUT2D eigenvalue weighted by atomic mass is 16.2. The van der Waals surface area contributed by atoms with Gasteiger partial charge in [-0.3, -0.25) is 9.78 Å². The lowest BCUT2D eigenvalue weighted by atomic mass is 10.1. The summed E-state index contributed by atoms with van der Waals surface area (Å²) in [5, 5.41) is 17.0. The molecular formula is C23H30N10O. The van der Waals surface area contributed by atoms with Crippen molar-refractivity contribution in [3.63, 3.8) is 0 Å². The SMILES string of the molecule is CC[C@H](C)n1ncc2nc(N3CCN(C(N)=O)CC3)nc(NC(C)c3n[nH]c4ccccc34)c21. The fourth-order valence-corrected chi connectivity index (χ4v) is 4.41. The quantitative estimate of drug-likeness (QED) is 0.401. The van der Waals surface area contributed by atoms with Gasteiger partial charge in [0, 0.05) is 37.6 Å². The van der Waals surface area contributed by atoms with E-state index in [0.29, 0.717) is 32.1 Å². The number of rotatable bonds is 6. The Hall–Kier alpha value is -3.89. The Morgan fingerprint density at radius 1 is 1.18 bits per heavy atom. The van der Waals surface area contributed by atoms with Crippen molar-refractivity contribution in [1.29, 1.82) is 0 Å². The third-order valence-electron chi connectivity index (χ3n) is 6.58. The molecule has 11 nitrogen and oxygen atoms in total. The molecule has 11 heteroatoms. The van der Waals surface area contributed by atoms with E-state index >= 15 is 0 Å². The lowest BCUT2D eigenvalue weighted by Crippen LogP contribution is -2.51. The van der Waals surface area contributed by atoms with Gasteiger partial charge in [-0.1, -0.05) is 25.1 Å². The minimum absolute atomic E-state index is 0.103. The number of hydrogen-bond acceptors (Lipinski definition) is 7. The number of aromatic amines is 1. The van der Waals surface area contributed by atoms with Crippen LogP contribution in [0.5, 0.6) is 0 Å². The lowest BCUT2D eigenvalue weighted by Gasteiger charge is -2.34. The van der Waals surface area contributed by atoms with Crippen molar-refractivity contribution in [3.8, 4) is 0 Å². The molecule has 1 aliphatic heterocycles. The Balaban J connectivity index is 1.52. The van der Waals surface area contributed by atoms with E-state index in [1.54, 1.807) is 11.1 Å². The number of carbonyl (C=O) groups excluding carboxylic acids is 1. The first-order chi connectivity index (χ1) is 16.5. The fourth-order valence-electron chi connectivity index (χ4n) is 4.41. The molecule has 2 amide bonds. The second kappa shape index (κ2) is 8.81. The van der Waals surface area contributed by atoms with E-state index in [-0.39, 0.29) is 12.1 Å². The zero-order valence-corrected chi connectivity index (χ0v) is 19.7. The Morgan fingerprint density at radius 3 is 2.68 bits per heavy atom. The number of amides is 2. The molecule has 5 rings (SSSR count). The molecule has 4 aromatic rings. The molecule has 3 aromatic heterocycles. The maximum atomic E-state index is 11.5. The monoisotopic (exact) mass is 462 g/mol. The second-order valence-electron chi connectivity index (χ2n) is 8.79. The van der Waals surface area contributed by atoms with Crippen LogP contribution in [0, 0.1) is 0 Å². The molecule has 0 spiro atoms. The van der Waals surface area contributed by atoms with Gasteiger partial charge in [0.15, 0.2) is 5.82 Å². The Kier molecular flexibility index (Phi) is 5.68. The zero-order chi connectivity index (χ0) is 23.8. The summed E-state index contributed by atoms with van der Waals surface area (Å²) in [4.78, 5) is 25.0. The number of nitrogens with zero attached hydrogens (tertiary/aromatic N) is 7. The van der Waals surface area contributed by atoms with E-state index in [9.17, 15) is 4.79 Å². The molecule has 1 aromatic carbocycles. The molecule has 2 atom stereocenters. The highest BCUT2D eigenvalue weighted by Crippen LogP contribution is 2.31. The van der Waals surface area contributed by atoms with Crippen molar-refractivity contribution < 1.29 is 4.79 Å². The molecule has 0 aliphatic carbocycles. The largest absolute Gasteiger partial charge is 0.360 e. The van der Waals surface area contributed by atoms with Crippen LogP contribution in [0.2, 0.25) is 0 Å². The van der Waals surface area contributed by atoms with E-state index < -0.39 is 6.03 Å². The molecule has 0 radical (unpaired) electrons. The Morgan fingerprint density at radius 2 is 1.94 bits per heavy atom. The highest BCUT2D eigenvalue weighted by Gasteiger charge is 2.25. The predicted octanol–water partition coefficient (Wildman–Crippen LogP) is 3.05. The summed E-state index contributed by atoms with van der Waals surface area (Å²) in [5.74, 6) is 1.33.